The molecule has 0 spiro atoms. The number of hydrogen-bond acceptors (Lipinski definition) is 3. The normalized spacial score (nSPS) is 19.6. The minimum atomic E-state index is -0.821. The maximum absolute atomic E-state index is 12.1. The number of rotatable bonds is 6. The van der Waals surface area contributed by atoms with Gasteiger partial charge in [-0.15, -0.1) is 0 Å². The van der Waals surface area contributed by atoms with Gasteiger partial charge in [-0.25, -0.2) is 0 Å². The third-order valence-corrected chi connectivity index (χ3v) is 2.90. The smallest absolute Gasteiger partial charge is 0.303 e. The van der Waals surface area contributed by atoms with Crippen LogP contribution in [0.15, 0.2) is 0 Å². The second kappa shape index (κ2) is 6.59. The molecule has 1 amide bonds. The molecule has 1 N–H and O–H groups in total. The molecule has 17 heavy (non-hydrogen) atoms. The van der Waals surface area contributed by atoms with Crippen LogP contribution in [0.5, 0.6) is 0 Å². The summed E-state index contributed by atoms with van der Waals surface area (Å²) in [4.78, 5) is 24.3. The summed E-state index contributed by atoms with van der Waals surface area (Å²) in [6, 6.07) is 0.0838. The Hall–Kier alpha value is -1.10. The number of hydrogen-bond donors (Lipinski definition) is 1. The van der Waals surface area contributed by atoms with E-state index in [-0.39, 0.29) is 24.5 Å². The number of carbonyl (C=O) groups is 2. The van der Waals surface area contributed by atoms with Crippen molar-refractivity contribution in [2.45, 2.75) is 51.7 Å². The van der Waals surface area contributed by atoms with Gasteiger partial charge in [0.25, 0.3) is 5.91 Å². The maximum atomic E-state index is 12.1. The van der Waals surface area contributed by atoms with Crippen LogP contribution in [0, 0.1) is 0 Å². The molecule has 5 heteroatoms. The van der Waals surface area contributed by atoms with E-state index in [0.717, 1.165) is 12.8 Å². The highest BCUT2D eigenvalue weighted by atomic mass is 16.5. The standard InChI is InChI=1S/C12H21NO4/c1-9(2)13(7-3-6-11(14)15)12(16)10-5-4-8-17-10/h9-10H,3-8H2,1-2H3,(H,14,15). The van der Waals surface area contributed by atoms with Crippen molar-refractivity contribution in [3.05, 3.63) is 0 Å². The predicted molar refractivity (Wildman–Crippen MR) is 62.7 cm³/mol. The SMILES string of the molecule is CC(C)N(CCCC(=O)O)C(=O)C1CCCO1. The van der Waals surface area contributed by atoms with E-state index in [2.05, 4.69) is 0 Å². The molecule has 1 aliphatic rings. The van der Waals surface area contributed by atoms with Gasteiger partial charge in [0.05, 0.1) is 0 Å². The van der Waals surface area contributed by atoms with Gasteiger partial charge in [-0.1, -0.05) is 0 Å². The van der Waals surface area contributed by atoms with Crippen LogP contribution in [0.2, 0.25) is 0 Å². The fourth-order valence-corrected chi connectivity index (χ4v) is 1.98. The van der Waals surface area contributed by atoms with E-state index in [0.29, 0.717) is 19.6 Å². The Kier molecular flexibility index (Phi) is 5.41. The van der Waals surface area contributed by atoms with E-state index in [1.54, 1.807) is 4.90 Å². The number of carboxylic acid groups (broad SMARTS) is 1. The molecule has 0 aromatic rings. The Bertz CT molecular complexity index is 272. The van der Waals surface area contributed by atoms with Crippen LogP contribution < -0.4 is 0 Å². The van der Waals surface area contributed by atoms with E-state index in [9.17, 15) is 9.59 Å². The zero-order chi connectivity index (χ0) is 12.8. The molecule has 1 aliphatic heterocycles. The van der Waals surface area contributed by atoms with Crippen LogP contribution in [0.1, 0.15) is 39.5 Å². The van der Waals surface area contributed by atoms with Gasteiger partial charge in [0.2, 0.25) is 0 Å². The van der Waals surface area contributed by atoms with Crippen LogP contribution in [0.4, 0.5) is 0 Å². The summed E-state index contributed by atoms with van der Waals surface area (Å²) in [5.41, 5.74) is 0. The summed E-state index contributed by atoms with van der Waals surface area (Å²) in [6.07, 6.45) is 1.98. The Morgan fingerprint density at radius 1 is 1.47 bits per heavy atom. The fourth-order valence-electron chi connectivity index (χ4n) is 1.98. The highest BCUT2D eigenvalue weighted by molar-refractivity contribution is 5.81. The van der Waals surface area contributed by atoms with Crippen LogP contribution in [0.25, 0.3) is 0 Å². The number of nitrogens with zero attached hydrogens (tertiary/aromatic N) is 1. The molecule has 1 fully saturated rings. The van der Waals surface area contributed by atoms with Crippen molar-refractivity contribution in [2.24, 2.45) is 0 Å². The van der Waals surface area contributed by atoms with Gasteiger partial charge in [0.1, 0.15) is 6.10 Å². The molecule has 0 bridgehead atoms. The van der Waals surface area contributed by atoms with E-state index < -0.39 is 5.97 Å². The van der Waals surface area contributed by atoms with Crippen molar-refractivity contribution in [1.29, 1.82) is 0 Å². The van der Waals surface area contributed by atoms with Gasteiger partial charge in [0.15, 0.2) is 0 Å². The lowest BCUT2D eigenvalue weighted by molar-refractivity contribution is -0.144. The summed E-state index contributed by atoms with van der Waals surface area (Å²) in [6.45, 7) is 5.02. The Morgan fingerprint density at radius 2 is 2.18 bits per heavy atom. The number of ether oxygens (including phenoxy) is 1. The molecular formula is C12H21NO4. The van der Waals surface area contributed by atoms with Crippen molar-refractivity contribution in [3.8, 4) is 0 Å². The second-order valence-electron chi connectivity index (χ2n) is 4.62. The lowest BCUT2D eigenvalue weighted by Gasteiger charge is -2.28. The van der Waals surface area contributed by atoms with Gasteiger partial charge in [-0.3, -0.25) is 9.59 Å². The molecular weight excluding hydrogens is 222 g/mol. The molecule has 1 saturated heterocycles. The second-order valence-corrected chi connectivity index (χ2v) is 4.62. The maximum Gasteiger partial charge on any atom is 0.303 e. The first-order valence-electron chi connectivity index (χ1n) is 6.16. The van der Waals surface area contributed by atoms with Crippen LogP contribution in [-0.2, 0) is 14.3 Å². The average Bonchev–Trinajstić information content (AvgIpc) is 2.75. The third kappa shape index (κ3) is 4.34. The molecule has 1 unspecified atom stereocenters. The largest absolute Gasteiger partial charge is 0.481 e. The van der Waals surface area contributed by atoms with Gasteiger partial charge in [-0.2, -0.15) is 0 Å². The van der Waals surface area contributed by atoms with Gasteiger partial charge >= 0.3 is 5.97 Å². The highest BCUT2D eigenvalue weighted by Crippen LogP contribution is 2.16. The summed E-state index contributed by atoms with van der Waals surface area (Å²) < 4.78 is 5.37. The number of aliphatic carboxylic acids is 1. The van der Waals surface area contributed by atoms with E-state index in [1.807, 2.05) is 13.8 Å². The van der Waals surface area contributed by atoms with Gasteiger partial charge in [-0.05, 0) is 33.1 Å². The Labute approximate surface area is 102 Å². The monoisotopic (exact) mass is 243 g/mol. The van der Waals surface area contributed by atoms with E-state index >= 15 is 0 Å². The number of amides is 1. The summed E-state index contributed by atoms with van der Waals surface area (Å²) in [5, 5.41) is 8.59. The Balaban J connectivity index is 2.46. The quantitative estimate of drug-likeness (QED) is 0.762. The molecule has 1 atom stereocenters. The lowest BCUT2D eigenvalue weighted by atomic mass is 10.1. The summed E-state index contributed by atoms with van der Waals surface area (Å²) in [7, 11) is 0. The first-order valence-corrected chi connectivity index (χ1v) is 6.16. The van der Waals surface area contributed by atoms with Crippen LogP contribution >= 0.6 is 0 Å². The molecule has 0 aromatic carbocycles. The summed E-state index contributed by atoms with van der Waals surface area (Å²) >= 11 is 0. The van der Waals surface area contributed by atoms with E-state index in [1.165, 1.54) is 0 Å². The molecule has 1 rings (SSSR count). The lowest BCUT2D eigenvalue weighted by Crippen LogP contribution is -2.43. The van der Waals surface area contributed by atoms with Crippen molar-refractivity contribution >= 4 is 11.9 Å². The first-order chi connectivity index (χ1) is 8.02. The van der Waals surface area contributed by atoms with Crippen molar-refractivity contribution < 1.29 is 19.4 Å². The Morgan fingerprint density at radius 3 is 2.65 bits per heavy atom. The zero-order valence-corrected chi connectivity index (χ0v) is 10.5. The van der Waals surface area contributed by atoms with E-state index in [4.69, 9.17) is 9.84 Å². The molecule has 0 radical (unpaired) electrons. The number of carbonyl (C=O) groups excluding carboxylic acids is 1. The predicted octanol–water partition coefficient (Wildman–Crippen LogP) is 1.27. The molecule has 5 nitrogen and oxygen atoms in total. The first kappa shape index (κ1) is 14.0. The third-order valence-electron chi connectivity index (χ3n) is 2.90. The minimum Gasteiger partial charge on any atom is -0.481 e. The van der Waals surface area contributed by atoms with Crippen molar-refractivity contribution in [1.82, 2.24) is 4.90 Å². The molecule has 98 valence electrons. The van der Waals surface area contributed by atoms with Gasteiger partial charge in [0, 0.05) is 25.6 Å². The van der Waals surface area contributed by atoms with Gasteiger partial charge < -0.3 is 14.7 Å². The van der Waals surface area contributed by atoms with Crippen LogP contribution in [0.3, 0.4) is 0 Å². The topological polar surface area (TPSA) is 66.8 Å². The molecule has 0 aliphatic carbocycles. The fraction of sp³-hybridized carbons (Fsp3) is 0.833. The average molecular weight is 243 g/mol. The summed E-state index contributed by atoms with van der Waals surface area (Å²) in [5.74, 6) is -0.818. The minimum absolute atomic E-state index is 0.00267. The van der Waals surface area contributed by atoms with Crippen molar-refractivity contribution in [3.63, 3.8) is 0 Å². The zero-order valence-electron chi connectivity index (χ0n) is 10.5. The molecule has 0 saturated carbocycles. The van der Waals surface area contributed by atoms with Crippen molar-refractivity contribution in [2.75, 3.05) is 13.2 Å². The molecule has 1 heterocycles. The number of carboxylic acids is 1. The van der Waals surface area contributed by atoms with Crippen LogP contribution in [-0.4, -0.2) is 47.2 Å². The molecule has 0 aromatic heterocycles. The highest BCUT2D eigenvalue weighted by Gasteiger charge is 2.29.